The largest absolute Gasteiger partial charge is 0.325 e. The Morgan fingerprint density at radius 1 is 1.08 bits per heavy atom. The molecule has 0 saturated heterocycles. The lowest BCUT2D eigenvalue weighted by molar-refractivity contribution is -0.113. The molecule has 3 rings (SSSR count). The molecule has 0 bridgehead atoms. The van der Waals surface area contributed by atoms with Crippen LogP contribution in [-0.4, -0.2) is 26.4 Å². The number of aryl methyl sites for hydroxylation is 3. The third kappa shape index (κ3) is 4.14. The summed E-state index contributed by atoms with van der Waals surface area (Å²) in [7, 11) is 1.92. The van der Waals surface area contributed by atoms with E-state index in [1.807, 2.05) is 68.8 Å². The Balaban J connectivity index is 1.67. The van der Waals surface area contributed by atoms with Crippen LogP contribution in [0.4, 0.5) is 5.69 Å². The lowest BCUT2D eigenvalue weighted by atomic mass is 10.1. The number of carbonyl (C=O) groups is 1. The molecule has 5 nitrogen and oxygen atoms in total. The van der Waals surface area contributed by atoms with Gasteiger partial charge in [-0.2, -0.15) is 0 Å². The zero-order valence-electron chi connectivity index (χ0n) is 15.4. The summed E-state index contributed by atoms with van der Waals surface area (Å²) in [5.74, 6) is 1.04. The van der Waals surface area contributed by atoms with Gasteiger partial charge in [-0.3, -0.25) is 4.79 Å². The second kappa shape index (κ2) is 7.74. The van der Waals surface area contributed by atoms with E-state index in [0.29, 0.717) is 0 Å². The number of hydrogen-bond donors (Lipinski definition) is 1. The van der Waals surface area contributed by atoms with Gasteiger partial charge in [0.15, 0.2) is 11.0 Å². The molecule has 2 aromatic carbocycles. The van der Waals surface area contributed by atoms with E-state index in [0.717, 1.165) is 38.9 Å². The van der Waals surface area contributed by atoms with Crippen molar-refractivity contribution in [1.82, 2.24) is 14.8 Å². The molecule has 1 N–H and O–H groups in total. The highest BCUT2D eigenvalue weighted by Gasteiger charge is 2.14. The lowest BCUT2D eigenvalue weighted by Crippen LogP contribution is -2.14. The number of rotatable bonds is 5. The van der Waals surface area contributed by atoms with Crippen molar-refractivity contribution in [2.75, 3.05) is 11.1 Å². The van der Waals surface area contributed by atoms with Crippen molar-refractivity contribution in [2.45, 2.75) is 25.9 Å². The molecule has 0 saturated carbocycles. The quantitative estimate of drug-likeness (QED) is 0.690. The van der Waals surface area contributed by atoms with Crippen LogP contribution in [0.25, 0.3) is 11.4 Å². The maximum atomic E-state index is 12.3. The van der Waals surface area contributed by atoms with Gasteiger partial charge in [0.1, 0.15) is 0 Å². The molecule has 0 aliphatic rings. The Kier molecular flexibility index (Phi) is 5.42. The van der Waals surface area contributed by atoms with Crippen molar-refractivity contribution in [3.8, 4) is 11.4 Å². The Bertz CT molecular complexity index is 928. The summed E-state index contributed by atoms with van der Waals surface area (Å²) in [6, 6.07) is 14.1. The molecule has 0 radical (unpaired) electrons. The second-order valence-corrected chi connectivity index (χ2v) is 7.34. The van der Waals surface area contributed by atoms with Crippen molar-refractivity contribution < 1.29 is 4.79 Å². The fraction of sp³-hybridized carbons (Fsp3) is 0.250. The zero-order chi connectivity index (χ0) is 18.7. The number of nitrogens with zero attached hydrogens (tertiary/aromatic N) is 3. The molecule has 134 valence electrons. The average Bonchev–Trinajstić information content (AvgIpc) is 2.93. The van der Waals surface area contributed by atoms with Gasteiger partial charge in [-0.25, -0.2) is 0 Å². The molecule has 0 atom stereocenters. The molecule has 6 heteroatoms. The average molecular weight is 366 g/mol. The molecule has 1 aromatic heterocycles. The minimum atomic E-state index is -0.0551. The molecule has 1 heterocycles. The molecule has 0 aliphatic carbocycles. The van der Waals surface area contributed by atoms with Gasteiger partial charge in [-0.1, -0.05) is 42.1 Å². The van der Waals surface area contributed by atoms with E-state index < -0.39 is 0 Å². The van der Waals surface area contributed by atoms with Gasteiger partial charge in [0.25, 0.3) is 0 Å². The molecule has 0 spiro atoms. The minimum absolute atomic E-state index is 0.0551. The van der Waals surface area contributed by atoms with Gasteiger partial charge in [0.05, 0.1) is 5.75 Å². The minimum Gasteiger partial charge on any atom is -0.325 e. The van der Waals surface area contributed by atoms with Gasteiger partial charge < -0.3 is 9.88 Å². The van der Waals surface area contributed by atoms with Crippen LogP contribution in [0.1, 0.15) is 16.7 Å². The number of anilines is 1. The predicted octanol–water partition coefficient (Wildman–Crippen LogP) is 4.14. The van der Waals surface area contributed by atoms with Gasteiger partial charge in [0, 0.05) is 18.3 Å². The number of carbonyl (C=O) groups excluding carboxylic acids is 1. The van der Waals surface area contributed by atoms with Crippen LogP contribution in [0.2, 0.25) is 0 Å². The summed E-state index contributed by atoms with van der Waals surface area (Å²) in [5, 5.41) is 12.2. The molecular formula is C20H22N4OS. The topological polar surface area (TPSA) is 59.8 Å². The van der Waals surface area contributed by atoms with E-state index in [4.69, 9.17) is 0 Å². The van der Waals surface area contributed by atoms with Gasteiger partial charge in [-0.15, -0.1) is 10.2 Å². The van der Waals surface area contributed by atoms with Gasteiger partial charge in [0.2, 0.25) is 5.91 Å². The number of hydrogen-bond acceptors (Lipinski definition) is 4. The standard InChI is InChI=1S/C20H22N4OS/c1-13-9-14(2)11-16(10-13)21-18(25)12-26-20-23-22-19(24(20)4)17-8-6-5-7-15(17)3/h5-11H,12H2,1-4H3,(H,21,25). The lowest BCUT2D eigenvalue weighted by Gasteiger charge is -2.08. The number of amides is 1. The van der Waals surface area contributed by atoms with Crippen molar-refractivity contribution in [1.29, 1.82) is 0 Å². The first-order valence-corrected chi connectivity index (χ1v) is 9.39. The van der Waals surface area contributed by atoms with E-state index in [1.165, 1.54) is 11.8 Å². The summed E-state index contributed by atoms with van der Waals surface area (Å²) in [6.07, 6.45) is 0. The number of benzene rings is 2. The Labute approximate surface area is 157 Å². The fourth-order valence-electron chi connectivity index (χ4n) is 2.87. The van der Waals surface area contributed by atoms with Crippen LogP contribution in [0, 0.1) is 20.8 Å². The highest BCUT2D eigenvalue weighted by atomic mass is 32.2. The summed E-state index contributed by atoms with van der Waals surface area (Å²) < 4.78 is 1.93. The van der Waals surface area contributed by atoms with E-state index in [2.05, 4.69) is 21.6 Å². The van der Waals surface area contributed by atoms with Crippen LogP contribution in [0.3, 0.4) is 0 Å². The molecule has 26 heavy (non-hydrogen) atoms. The highest BCUT2D eigenvalue weighted by molar-refractivity contribution is 7.99. The smallest absolute Gasteiger partial charge is 0.234 e. The van der Waals surface area contributed by atoms with E-state index in [9.17, 15) is 4.79 Å². The first kappa shape index (κ1) is 18.2. The first-order chi connectivity index (χ1) is 12.4. The molecular weight excluding hydrogens is 344 g/mol. The number of nitrogens with one attached hydrogen (secondary N) is 1. The van der Waals surface area contributed by atoms with E-state index in [-0.39, 0.29) is 11.7 Å². The SMILES string of the molecule is Cc1cc(C)cc(NC(=O)CSc2nnc(-c3ccccc3C)n2C)c1. The van der Waals surface area contributed by atoms with E-state index in [1.54, 1.807) is 0 Å². The van der Waals surface area contributed by atoms with Gasteiger partial charge in [-0.05, 0) is 49.6 Å². The number of thioether (sulfide) groups is 1. The summed E-state index contributed by atoms with van der Waals surface area (Å²) >= 11 is 1.38. The summed E-state index contributed by atoms with van der Waals surface area (Å²) in [4.78, 5) is 12.3. The molecule has 1 amide bonds. The highest BCUT2D eigenvalue weighted by Crippen LogP contribution is 2.25. The van der Waals surface area contributed by atoms with Crippen LogP contribution in [0.5, 0.6) is 0 Å². The van der Waals surface area contributed by atoms with Crippen molar-refractivity contribution in [3.63, 3.8) is 0 Å². The third-order valence-electron chi connectivity index (χ3n) is 4.06. The van der Waals surface area contributed by atoms with Crippen LogP contribution >= 0.6 is 11.8 Å². The maximum Gasteiger partial charge on any atom is 0.234 e. The second-order valence-electron chi connectivity index (χ2n) is 6.39. The van der Waals surface area contributed by atoms with Crippen molar-refractivity contribution in [3.05, 3.63) is 59.2 Å². The van der Waals surface area contributed by atoms with Crippen LogP contribution in [0.15, 0.2) is 47.6 Å². The Morgan fingerprint density at radius 3 is 2.46 bits per heavy atom. The van der Waals surface area contributed by atoms with Crippen molar-refractivity contribution in [2.24, 2.45) is 7.05 Å². The fourth-order valence-corrected chi connectivity index (χ4v) is 3.58. The van der Waals surface area contributed by atoms with E-state index >= 15 is 0 Å². The molecule has 0 aliphatic heterocycles. The molecule has 0 unspecified atom stereocenters. The van der Waals surface area contributed by atoms with Crippen LogP contribution < -0.4 is 5.32 Å². The van der Waals surface area contributed by atoms with Crippen LogP contribution in [-0.2, 0) is 11.8 Å². The summed E-state index contributed by atoms with van der Waals surface area (Å²) in [6.45, 7) is 6.09. The number of aromatic nitrogens is 3. The third-order valence-corrected chi connectivity index (χ3v) is 5.08. The van der Waals surface area contributed by atoms with Crippen molar-refractivity contribution >= 4 is 23.4 Å². The van der Waals surface area contributed by atoms with Gasteiger partial charge >= 0.3 is 0 Å². The Hall–Kier alpha value is -2.60. The molecule has 3 aromatic rings. The normalized spacial score (nSPS) is 10.8. The predicted molar refractivity (Wildman–Crippen MR) is 106 cm³/mol. The first-order valence-electron chi connectivity index (χ1n) is 8.40. The zero-order valence-corrected chi connectivity index (χ0v) is 16.2. The monoisotopic (exact) mass is 366 g/mol. The Morgan fingerprint density at radius 2 is 1.77 bits per heavy atom. The molecule has 0 fully saturated rings. The maximum absolute atomic E-state index is 12.3. The summed E-state index contributed by atoms with van der Waals surface area (Å²) in [5.41, 5.74) is 5.28.